The first-order chi connectivity index (χ1) is 14.1. The van der Waals surface area contributed by atoms with Gasteiger partial charge in [0.1, 0.15) is 0 Å². The molecule has 0 fully saturated rings. The summed E-state index contributed by atoms with van der Waals surface area (Å²) in [5.41, 5.74) is 8.70. The van der Waals surface area contributed by atoms with E-state index in [1.165, 1.54) is 50.0 Å². The van der Waals surface area contributed by atoms with Crippen LogP contribution < -0.4 is 5.32 Å². The highest BCUT2D eigenvalue weighted by molar-refractivity contribution is 6.09. The van der Waals surface area contributed by atoms with Crippen LogP contribution in [0.4, 0.5) is 11.4 Å². The quantitative estimate of drug-likeness (QED) is 0.329. The second-order valence-corrected chi connectivity index (χ2v) is 8.40. The maximum absolute atomic E-state index is 3.63. The zero-order valence-electron chi connectivity index (χ0n) is 16.6. The first kappa shape index (κ1) is 16.4. The molecule has 0 bridgehead atoms. The predicted molar refractivity (Wildman–Crippen MR) is 123 cm³/mol. The maximum Gasteiger partial charge on any atom is 0.0541 e. The minimum absolute atomic E-state index is 0.0635. The van der Waals surface area contributed by atoms with Crippen LogP contribution in [-0.2, 0) is 5.41 Å². The number of nitrogens with zero attached hydrogens (tertiary/aromatic N) is 1. The second-order valence-electron chi connectivity index (χ2n) is 8.40. The van der Waals surface area contributed by atoms with Gasteiger partial charge in [-0.15, -0.1) is 0 Å². The van der Waals surface area contributed by atoms with Crippen LogP contribution in [-0.4, -0.2) is 4.57 Å². The van der Waals surface area contributed by atoms with Gasteiger partial charge in [0.25, 0.3) is 0 Å². The monoisotopic (exact) mass is 374 g/mol. The number of hydrogen-bond donors (Lipinski definition) is 1. The normalized spacial score (nSPS) is 14.4. The van der Waals surface area contributed by atoms with Gasteiger partial charge in [0.05, 0.1) is 11.0 Å². The van der Waals surface area contributed by atoms with Gasteiger partial charge in [-0.25, -0.2) is 0 Å². The maximum atomic E-state index is 3.63. The van der Waals surface area contributed by atoms with Gasteiger partial charge in [-0.05, 0) is 47.5 Å². The van der Waals surface area contributed by atoms with Crippen molar-refractivity contribution in [1.29, 1.82) is 0 Å². The Balaban J connectivity index is 1.64. The van der Waals surface area contributed by atoms with Crippen LogP contribution >= 0.6 is 0 Å². The fourth-order valence-corrected chi connectivity index (χ4v) is 4.93. The van der Waals surface area contributed by atoms with Crippen molar-refractivity contribution in [3.05, 3.63) is 102 Å². The van der Waals surface area contributed by atoms with Gasteiger partial charge in [0.2, 0.25) is 0 Å². The number of anilines is 2. The van der Waals surface area contributed by atoms with E-state index < -0.39 is 0 Å². The molecule has 1 aromatic heterocycles. The van der Waals surface area contributed by atoms with E-state index in [0.29, 0.717) is 0 Å². The van der Waals surface area contributed by atoms with E-state index in [1.54, 1.807) is 0 Å². The van der Waals surface area contributed by atoms with Crippen molar-refractivity contribution in [3.8, 4) is 5.69 Å². The van der Waals surface area contributed by atoms with Crippen molar-refractivity contribution in [1.82, 2.24) is 4.57 Å². The summed E-state index contributed by atoms with van der Waals surface area (Å²) in [4.78, 5) is 0. The first-order valence-corrected chi connectivity index (χ1v) is 10.1. The predicted octanol–water partition coefficient (Wildman–Crippen LogP) is 7.17. The molecule has 0 spiro atoms. The Morgan fingerprint density at radius 1 is 0.621 bits per heavy atom. The van der Waals surface area contributed by atoms with Crippen LogP contribution in [0.3, 0.4) is 0 Å². The molecular formula is C27H22N2. The lowest BCUT2D eigenvalue weighted by Gasteiger charge is -2.36. The van der Waals surface area contributed by atoms with Crippen LogP contribution in [0.1, 0.15) is 25.0 Å². The molecule has 1 N–H and O–H groups in total. The summed E-state index contributed by atoms with van der Waals surface area (Å²) in [6.07, 6.45) is 0. The van der Waals surface area contributed by atoms with Crippen molar-refractivity contribution in [3.63, 3.8) is 0 Å². The third-order valence-corrected chi connectivity index (χ3v) is 6.38. The molecule has 6 rings (SSSR count). The van der Waals surface area contributed by atoms with Gasteiger partial charge in [-0.3, -0.25) is 0 Å². The van der Waals surface area contributed by atoms with Crippen molar-refractivity contribution in [2.45, 2.75) is 19.3 Å². The summed E-state index contributed by atoms with van der Waals surface area (Å²) >= 11 is 0. The Morgan fingerprint density at radius 2 is 1.21 bits per heavy atom. The van der Waals surface area contributed by atoms with Gasteiger partial charge < -0.3 is 9.88 Å². The summed E-state index contributed by atoms with van der Waals surface area (Å²) in [5, 5.41) is 6.22. The van der Waals surface area contributed by atoms with Crippen LogP contribution in [0.2, 0.25) is 0 Å². The Bertz CT molecular complexity index is 1350. The summed E-state index contributed by atoms with van der Waals surface area (Å²) < 4.78 is 2.39. The molecule has 5 aromatic rings. The van der Waals surface area contributed by atoms with Crippen LogP contribution in [0.5, 0.6) is 0 Å². The summed E-state index contributed by atoms with van der Waals surface area (Å²) in [6, 6.07) is 32.8. The van der Waals surface area contributed by atoms with Crippen LogP contribution in [0.15, 0.2) is 91.0 Å². The first-order valence-electron chi connectivity index (χ1n) is 10.1. The van der Waals surface area contributed by atoms with Crippen LogP contribution in [0, 0.1) is 0 Å². The number of aromatic nitrogens is 1. The Morgan fingerprint density at radius 3 is 1.93 bits per heavy atom. The summed E-state index contributed by atoms with van der Waals surface area (Å²) in [5.74, 6) is 0. The van der Waals surface area contributed by atoms with Crippen LogP contribution in [0.25, 0.3) is 27.5 Å². The molecule has 2 heterocycles. The van der Waals surface area contributed by atoms with E-state index in [2.05, 4.69) is 115 Å². The van der Waals surface area contributed by atoms with Gasteiger partial charge in [-0.1, -0.05) is 68.4 Å². The van der Waals surface area contributed by atoms with Gasteiger partial charge in [0, 0.05) is 33.2 Å². The molecule has 0 radical (unpaired) electrons. The molecule has 0 aliphatic carbocycles. The second kappa shape index (κ2) is 5.74. The molecule has 2 nitrogen and oxygen atoms in total. The standard InChI is InChI=1S/C27H22N2/c1-27(2)21-11-5-6-12-23(21)28-24-16-15-18(17-22(24)27)29-25-13-7-3-9-19(25)20-10-4-8-14-26(20)29/h3-17,28H,1-2H3. The SMILES string of the molecule is CC1(C)c2ccccc2Nc2ccc(-n3c4ccccc4c4ccccc43)cc21. The summed E-state index contributed by atoms with van der Waals surface area (Å²) in [7, 11) is 0. The number of rotatable bonds is 1. The largest absolute Gasteiger partial charge is 0.355 e. The third kappa shape index (κ3) is 2.23. The molecule has 0 saturated heterocycles. The molecular weight excluding hydrogens is 352 g/mol. The zero-order chi connectivity index (χ0) is 19.6. The molecule has 0 saturated carbocycles. The smallest absolute Gasteiger partial charge is 0.0541 e. The highest BCUT2D eigenvalue weighted by atomic mass is 15.0. The Kier molecular flexibility index (Phi) is 3.25. The molecule has 0 unspecified atom stereocenters. The topological polar surface area (TPSA) is 17.0 Å². The molecule has 4 aromatic carbocycles. The minimum Gasteiger partial charge on any atom is -0.355 e. The van der Waals surface area contributed by atoms with Gasteiger partial charge >= 0.3 is 0 Å². The fraction of sp³-hybridized carbons (Fsp3) is 0.111. The lowest BCUT2D eigenvalue weighted by Crippen LogP contribution is -2.26. The van der Waals surface area contributed by atoms with E-state index in [4.69, 9.17) is 0 Å². The molecule has 29 heavy (non-hydrogen) atoms. The Hall–Kier alpha value is -3.52. The molecule has 2 heteroatoms. The fourth-order valence-electron chi connectivity index (χ4n) is 4.93. The zero-order valence-corrected chi connectivity index (χ0v) is 16.6. The molecule has 140 valence electrons. The molecule has 0 atom stereocenters. The highest BCUT2D eigenvalue weighted by Crippen LogP contribution is 2.46. The third-order valence-electron chi connectivity index (χ3n) is 6.38. The number of fused-ring (bicyclic) bond motifs is 5. The Labute approximate surface area is 170 Å². The van der Waals surface area contributed by atoms with Crippen molar-refractivity contribution in [2.24, 2.45) is 0 Å². The van der Waals surface area contributed by atoms with Gasteiger partial charge in [-0.2, -0.15) is 0 Å². The van der Waals surface area contributed by atoms with E-state index >= 15 is 0 Å². The van der Waals surface area contributed by atoms with Crippen molar-refractivity contribution < 1.29 is 0 Å². The average Bonchev–Trinajstić information content (AvgIpc) is 3.08. The van der Waals surface area contributed by atoms with E-state index in [-0.39, 0.29) is 5.41 Å². The minimum atomic E-state index is -0.0635. The number of hydrogen-bond acceptors (Lipinski definition) is 1. The number of nitrogens with one attached hydrogen (secondary N) is 1. The number of para-hydroxylation sites is 3. The average molecular weight is 374 g/mol. The van der Waals surface area contributed by atoms with Crippen molar-refractivity contribution in [2.75, 3.05) is 5.32 Å². The van der Waals surface area contributed by atoms with E-state index in [0.717, 1.165) is 0 Å². The lowest BCUT2D eigenvalue weighted by atomic mass is 9.74. The molecule has 1 aliphatic rings. The lowest BCUT2D eigenvalue weighted by molar-refractivity contribution is 0.637. The van der Waals surface area contributed by atoms with Gasteiger partial charge in [0.15, 0.2) is 0 Å². The summed E-state index contributed by atoms with van der Waals surface area (Å²) in [6.45, 7) is 4.64. The van der Waals surface area contributed by atoms with Crippen molar-refractivity contribution >= 4 is 33.2 Å². The number of benzene rings is 4. The molecule has 0 amide bonds. The molecule has 1 aliphatic heterocycles. The van der Waals surface area contributed by atoms with E-state index in [1.807, 2.05) is 0 Å². The van der Waals surface area contributed by atoms with E-state index in [9.17, 15) is 0 Å². The highest BCUT2D eigenvalue weighted by Gasteiger charge is 2.32.